The first-order chi connectivity index (χ1) is 6.33. The summed E-state index contributed by atoms with van der Waals surface area (Å²) >= 11 is 5.86. The third-order valence-corrected chi connectivity index (χ3v) is 1.90. The fraction of sp³-hybridized carbons (Fsp3) is 0.125. The summed E-state index contributed by atoms with van der Waals surface area (Å²) in [5, 5.41) is 0.373. The molecule has 0 unspecified atom stereocenters. The van der Waals surface area contributed by atoms with Crippen molar-refractivity contribution in [3.05, 3.63) is 17.8 Å². The molecule has 0 fully saturated rings. The smallest absolute Gasteiger partial charge is 0.182 e. The van der Waals surface area contributed by atoms with Crippen molar-refractivity contribution in [1.29, 1.82) is 0 Å². The van der Waals surface area contributed by atoms with Gasteiger partial charge in [-0.3, -0.25) is 0 Å². The molecule has 0 saturated heterocycles. The summed E-state index contributed by atoms with van der Waals surface area (Å²) < 4.78 is 1.73. The monoisotopic (exact) mass is 192 g/mol. The molecular weight excluding hydrogens is 188 g/mol. The SMILES string of the molecule is C#CCn1cnc2ncnc(Cl)c21. The predicted octanol–water partition coefficient (Wildman–Crippen LogP) is 1.11. The zero-order valence-electron chi connectivity index (χ0n) is 6.61. The maximum absolute atomic E-state index is 5.86. The number of halogens is 1. The first-order valence-electron chi connectivity index (χ1n) is 3.57. The lowest BCUT2D eigenvalue weighted by Gasteiger charge is -1.97. The molecule has 2 aromatic rings. The highest BCUT2D eigenvalue weighted by Gasteiger charge is 2.06. The number of terminal acetylenes is 1. The van der Waals surface area contributed by atoms with Crippen molar-refractivity contribution < 1.29 is 0 Å². The van der Waals surface area contributed by atoms with Crippen LogP contribution in [0.2, 0.25) is 5.15 Å². The van der Waals surface area contributed by atoms with E-state index in [0.29, 0.717) is 22.9 Å². The minimum Gasteiger partial charge on any atom is -0.315 e. The van der Waals surface area contributed by atoms with Crippen molar-refractivity contribution >= 4 is 22.8 Å². The minimum atomic E-state index is 0.373. The Bertz CT molecular complexity index is 482. The van der Waals surface area contributed by atoms with Crippen LogP contribution in [0.25, 0.3) is 11.2 Å². The lowest BCUT2D eigenvalue weighted by Crippen LogP contribution is -1.94. The molecule has 2 aromatic heterocycles. The molecule has 0 spiro atoms. The second-order valence-electron chi connectivity index (χ2n) is 2.41. The lowest BCUT2D eigenvalue weighted by molar-refractivity contribution is 0.869. The summed E-state index contributed by atoms with van der Waals surface area (Å²) in [6.45, 7) is 0.420. The Morgan fingerprint density at radius 1 is 1.46 bits per heavy atom. The zero-order chi connectivity index (χ0) is 9.26. The van der Waals surface area contributed by atoms with Crippen LogP contribution in [-0.4, -0.2) is 19.5 Å². The molecular formula is C8H5ClN4. The molecule has 5 heteroatoms. The molecule has 0 bridgehead atoms. The Morgan fingerprint density at radius 3 is 3.08 bits per heavy atom. The average Bonchev–Trinajstić information content (AvgIpc) is 2.51. The summed E-state index contributed by atoms with van der Waals surface area (Å²) in [6, 6.07) is 0. The highest BCUT2D eigenvalue weighted by Crippen LogP contribution is 2.17. The van der Waals surface area contributed by atoms with Crippen molar-refractivity contribution in [2.24, 2.45) is 0 Å². The molecule has 0 radical (unpaired) electrons. The summed E-state index contributed by atoms with van der Waals surface area (Å²) in [7, 11) is 0. The molecule has 0 aliphatic rings. The van der Waals surface area contributed by atoms with E-state index in [1.165, 1.54) is 6.33 Å². The first-order valence-corrected chi connectivity index (χ1v) is 3.95. The van der Waals surface area contributed by atoms with Crippen molar-refractivity contribution in [1.82, 2.24) is 19.5 Å². The van der Waals surface area contributed by atoms with Gasteiger partial charge < -0.3 is 4.57 Å². The Morgan fingerprint density at radius 2 is 2.31 bits per heavy atom. The second-order valence-corrected chi connectivity index (χ2v) is 2.77. The summed E-state index contributed by atoms with van der Waals surface area (Å²) in [5.74, 6) is 2.50. The van der Waals surface area contributed by atoms with Crippen molar-refractivity contribution in [3.63, 3.8) is 0 Å². The Balaban J connectivity index is 2.73. The van der Waals surface area contributed by atoms with E-state index in [9.17, 15) is 0 Å². The molecule has 0 aliphatic carbocycles. The van der Waals surface area contributed by atoms with Gasteiger partial charge in [-0.2, -0.15) is 0 Å². The van der Waals surface area contributed by atoms with E-state index in [-0.39, 0.29) is 0 Å². The third kappa shape index (κ3) is 1.23. The van der Waals surface area contributed by atoms with Crippen molar-refractivity contribution in [2.45, 2.75) is 6.54 Å². The highest BCUT2D eigenvalue weighted by molar-refractivity contribution is 6.33. The summed E-state index contributed by atoms with van der Waals surface area (Å²) in [6.07, 6.45) is 8.15. The van der Waals surface area contributed by atoms with Gasteiger partial charge in [-0.05, 0) is 0 Å². The van der Waals surface area contributed by atoms with Crippen LogP contribution in [0.15, 0.2) is 12.7 Å². The molecule has 2 heterocycles. The lowest BCUT2D eigenvalue weighted by atomic mass is 10.5. The van der Waals surface area contributed by atoms with Crippen LogP contribution in [0.3, 0.4) is 0 Å². The summed E-state index contributed by atoms with van der Waals surface area (Å²) in [4.78, 5) is 11.8. The van der Waals surface area contributed by atoms with Crippen LogP contribution >= 0.6 is 11.6 Å². The maximum Gasteiger partial charge on any atom is 0.182 e. The number of fused-ring (bicyclic) bond motifs is 1. The van der Waals surface area contributed by atoms with Gasteiger partial charge in [0, 0.05) is 0 Å². The molecule has 0 aromatic carbocycles. The number of aromatic nitrogens is 4. The van der Waals surface area contributed by atoms with Crippen molar-refractivity contribution in [2.75, 3.05) is 0 Å². The molecule has 0 saturated carbocycles. The third-order valence-electron chi connectivity index (χ3n) is 1.63. The zero-order valence-corrected chi connectivity index (χ0v) is 7.36. The molecule has 0 aliphatic heterocycles. The van der Waals surface area contributed by atoms with E-state index < -0.39 is 0 Å². The molecule has 64 valence electrons. The van der Waals surface area contributed by atoms with Gasteiger partial charge in [0.05, 0.1) is 12.9 Å². The first kappa shape index (κ1) is 8.02. The van der Waals surface area contributed by atoms with Crippen LogP contribution in [0.4, 0.5) is 0 Å². The van der Waals surface area contributed by atoms with Gasteiger partial charge in [0.1, 0.15) is 11.8 Å². The van der Waals surface area contributed by atoms with Gasteiger partial charge in [-0.1, -0.05) is 17.5 Å². The van der Waals surface area contributed by atoms with Gasteiger partial charge in [0.25, 0.3) is 0 Å². The molecule has 4 nitrogen and oxygen atoms in total. The molecule has 13 heavy (non-hydrogen) atoms. The maximum atomic E-state index is 5.86. The minimum absolute atomic E-state index is 0.373. The quantitative estimate of drug-likeness (QED) is 0.502. The fourth-order valence-electron chi connectivity index (χ4n) is 1.09. The Kier molecular flexibility index (Phi) is 1.87. The number of imidazole rings is 1. The Labute approximate surface area is 79.6 Å². The normalized spacial score (nSPS) is 10.2. The average molecular weight is 193 g/mol. The van der Waals surface area contributed by atoms with Crippen LogP contribution in [0, 0.1) is 12.3 Å². The molecule has 0 N–H and O–H groups in total. The largest absolute Gasteiger partial charge is 0.315 e. The van der Waals surface area contributed by atoms with Crippen molar-refractivity contribution in [3.8, 4) is 12.3 Å². The van der Waals surface area contributed by atoms with Gasteiger partial charge in [0.15, 0.2) is 10.8 Å². The van der Waals surface area contributed by atoms with E-state index in [2.05, 4.69) is 20.9 Å². The standard InChI is InChI=1S/C8H5ClN4/c1-2-3-13-5-12-8-6(13)7(9)10-4-11-8/h1,4-5H,3H2. The van der Waals surface area contributed by atoms with E-state index in [1.54, 1.807) is 10.9 Å². The molecule has 0 amide bonds. The number of rotatable bonds is 1. The van der Waals surface area contributed by atoms with Gasteiger partial charge in [0.2, 0.25) is 0 Å². The molecule has 2 rings (SSSR count). The highest BCUT2D eigenvalue weighted by atomic mass is 35.5. The Hall–Kier alpha value is -1.60. The fourth-order valence-corrected chi connectivity index (χ4v) is 1.33. The molecule has 0 atom stereocenters. The number of hydrogen-bond acceptors (Lipinski definition) is 3. The van der Waals surface area contributed by atoms with E-state index >= 15 is 0 Å². The number of nitrogens with zero attached hydrogens (tertiary/aromatic N) is 4. The second kappa shape index (κ2) is 3.04. The topological polar surface area (TPSA) is 43.6 Å². The number of hydrogen-bond donors (Lipinski definition) is 0. The van der Waals surface area contributed by atoms with Crippen LogP contribution in [0.5, 0.6) is 0 Å². The van der Waals surface area contributed by atoms with Crippen LogP contribution < -0.4 is 0 Å². The summed E-state index contributed by atoms with van der Waals surface area (Å²) in [5.41, 5.74) is 1.25. The predicted molar refractivity (Wildman–Crippen MR) is 49.2 cm³/mol. The van der Waals surface area contributed by atoms with E-state index in [0.717, 1.165) is 0 Å². The van der Waals surface area contributed by atoms with Gasteiger partial charge >= 0.3 is 0 Å². The van der Waals surface area contributed by atoms with Crippen LogP contribution in [0.1, 0.15) is 0 Å². The van der Waals surface area contributed by atoms with E-state index in [4.69, 9.17) is 18.0 Å². The van der Waals surface area contributed by atoms with Gasteiger partial charge in [-0.15, -0.1) is 6.42 Å². The van der Waals surface area contributed by atoms with E-state index in [1.807, 2.05) is 0 Å². The van der Waals surface area contributed by atoms with Crippen LogP contribution in [-0.2, 0) is 6.54 Å². The van der Waals surface area contributed by atoms with Gasteiger partial charge in [-0.25, -0.2) is 15.0 Å².